The molecule has 0 N–H and O–H groups in total. The molecule has 0 saturated carbocycles. The molecule has 0 aliphatic heterocycles. The van der Waals surface area contributed by atoms with Crippen molar-refractivity contribution in [1.29, 1.82) is 0 Å². The summed E-state index contributed by atoms with van der Waals surface area (Å²) in [5.74, 6) is 0.680. The third-order valence-corrected chi connectivity index (χ3v) is 1.68. The molecule has 0 aliphatic rings. The highest BCUT2D eigenvalue weighted by Crippen LogP contribution is 2.10. The van der Waals surface area contributed by atoms with Gasteiger partial charge in [-0.15, -0.1) is 0 Å². The third-order valence-electron chi connectivity index (χ3n) is 1.68. The Balaban J connectivity index is 3.80. The fraction of sp³-hybridized carbons (Fsp3) is 0.600. The maximum Gasteiger partial charge on any atom is -0.0142 e. The molecule has 0 rings (SSSR count). The van der Waals surface area contributed by atoms with E-state index in [1.165, 1.54) is 11.1 Å². The lowest BCUT2D eigenvalue weighted by Crippen LogP contribution is -1.87. The molecule has 0 aliphatic carbocycles. The van der Waals surface area contributed by atoms with E-state index in [1.54, 1.807) is 0 Å². The van der Waals surface area contributed by atoms with Crippen molar-refractivity contribution in [2.24, 2.45) is 5.92 Å². The molecule has 0 atom stereocenters. The zero-order valence-electron chi connectivity index (χ0n) is 7.57. The van der Waals surface area contributed by atoms with Gasteiger partial charge >= 0.3 is 0 Å². The topological polar surface area (TPSA) is 0 Å². The van der Waals surface area contributed by atoms with Crippen molar-refractivity contribution in [2.75, 3.05) is 0 Å². The van der Waals surface area contributed by atoms with Crippen molar-refractivity contribution >= 4 is 0 Å². The Morgan fingerprint density at radius 1 is 1.40 bits per heavy atom. The van der Waals surface area contributed by atoms with Crippen LogP contribution in [-0.2, 0) is 0 Å². The van der Waals surface area contributed by atoms with E-state index >= 15 is 0 Å². The molecule has 0 amide bonds. The van der Waals surface area contributed by atoms with Crippen LogP contribution in [-0.4, -0.2) is 0 Å². The Labute approximate surface area is 64.6 Å². The van der Waals surface area contributed by atoms with Crippen LogP contribution in [0.3, 0.4) is 0 Å². The smallest absolute Gasteiger partial charge is 0.0142 e. The van der Waals surface area contributed by atoms with E-state index in [0.29, 0.717) is 5.92 Å². The lowest BCUT2D eigenvalue weighted by Gasteiger charge is -2.03. The first-order chi connectivity index (χ1) is 4.54. The first-order valence-corrected chi connectivity index (χ1v) is 3.85. The molecule has 0 heterocycles. The molecule has 0 aromatic rings. The van der Waals surface area contributed by atoms with Crippen molar-refractivity contribution in [3.05, 3.63) is 23.8 Å². The van der Waals surface area contributed by atoms with Crippen LogP contribution in [0.5, 0.6) is 0 Å². The Kier molecular flexibility index (Phi) is 4.10. The van der Waals surface area contributed by atoms with Crippen LogP contribution in [0.15, 0.2) is 23.8 Å². The molecule has 0 saturated heterocycles. The van der Waals surface area contributed by atoms with Gasteiger partial charge in [-0.3, -0.25) is 0 Å². The predicted molar refractivity (Wildman–Crippen MR) is 48.0 cm³/mol. The number of hydrogen-bond donors (Lipinski definition) is 0. The molecule has 0 fully saturated rings. The summed E-state index contributed by atoms with van der Waals surface area (Å²) in [4.78, 5) is 0. The van der Waals surface area contributed by atoms with Gasteiger partial charge in [0.2, 0.25) is 0 Å². The van der Waals surface area contributed by atoms with Gasteiger partial charge in [0.05, 0.1) is 0 Å². The summed E-state index contributed by atoms with van der Waals surface area (Å²) >= 11 is 0. The van der Waals surface area contributed by atoms with Gasteiger partial charge in [-0.25, -0.2) is 0 Å². The standard InChI is InChI=1S/C10H18/c1-8(2)6-7-10(5)9(3)4/h7,9H,1,6H2,2-5H3/b10-7+. The van der Waals surface area contributed by atoms with Crippen LogP contribution in [0.4, 0.5) is 0 Å². The molecule has 0 heteroatoms. The van der Waals surface area contributed by atoms with Crippen molar-refractivity contribution in [3.8, 4) is 0 Å². The lowest BCUT2D eigenvalue weighted by atomic mass is 10.0. The largest absolute Gasteiger partial charge is 0.0998 e. The van der Waals surface area contributed by atoms with Gasteiger partial charge in [-0.2, -0.15) is 0 Å². The molecule has 10 heavy (non-hydrogen) atoms. The van der Waals surface area contributed by atoms with Gasteiger partial charge in [0.15, 0.2) is 0 Å². The van der Waals surface area contributed by atoms with Crippen LogP contribution in [0.25, 0.3) is 0 Å². The highest BCUT2D eigenvalue weighted by atomic mass is 14.0. The van der Waals surface area contributed by atoms with E-state index in [4.69, 9.17) is 0 Å². The quantitative estimate of drug-likeness (QED) is 0.523. The van der Waals surface area contributed by atoms with E-state index < -0.39 is 0 Å². The van der Waals surface area contributed by atoms with Crippen LogP contribution < -0.4 is 0 Å². The summed E-state index contributed by atoms with van der Waals surface area (Å²) in [5.41, 5.74) is 2.70. The normalized spacial score (nSPS) is 12.3. The molecule has 0 aromatic carbocycles. The second-order valence-electron chi connectivity index (χ2n) is 3.26. The number of hydrogen-bond acceptors (Lipinski definition) is 0. The van der Waals surface area contributed by atoms with Crippen molar-refractivity contribution in [2.45, 2.75) is 34.1 Å². The number of rotatable bonds is 3. The summed E-state index contributed by atoms with van der Waals surface area (Å²) in [6, 6.07) is 0. The Hall–Kier alpha value is -0.520. The maximum atomic E-state index is 3.84. The van der Waals surface area contributed by atoms with Gasteiger partial charge in [0, 0.05) is 0 Å². The first kappa shape index (κ1) is 9.48. The van der Waals surface area contributed by atoms with Crippen LogP contribution >= 0.6 is 0 Å². The van der Waals surface area contributed by atoms with Gasteiger partial charge in [0.25, 0.3) is 0 Å². The Morgan fingerprint density at radius 3 is 2.20 bits per heavy atom. The van der Waals surface area contributed by atoms with Crippen LogP contribution in [0, 0.1) is 5.92 Å². The van der Waals surface area contributed by atoms with E-state index in [2.05, 4.69) is 40.3 Å². The van der Waals surface area contributed by atoms with Gasteiger partial charge < -0.3 is 0 Å². The maximum absolute atomic E-state index is 3.84. The van der Waals surface area contributed by atoms with Gasteiger partial charge in [-0.1, -0.05) is 37.6 Å². The average Bonchev–Trinajstić information content (AvgIpc) is 1.82. The minimum atomic E-state index is 0.680. The Morgan fingerprint density at radius 2 is 1.90 bits per heavy atom. The van der Waals surface area contributed by atoms with Crippen LogP contribution in [0.2, 0.25) is 0 Å². The molecule has 0 aromatic heterocycles. The first-order valence-electron chi connectivity index (χ1n) is 3.85. The van der Waals surface area contributed by atoms with Gasteiger partial charge in [-0.05, 0) is 26.2 Å². The van der Waals surface area contributed by atoms with Crippen molar-refractivity contribution in [3.63, 3.8) is 0 Å². The highest BCUT2D eigenvalue weighted by Gasteiger charge is 1.93. The molecule has 0 unspecified atom stereocenters. The molecular weight excluding hydrogens is 120 g/mol. The summed E-state index contributed by atoms with van der Waals surface area (Å²) in [7, 11) is 0. The molecule has 0 nitrogen and oxygen atoms in total. The molecule has 0 bridgehead atoms. The zero-order chi connectivity index (χ0) is 8.15. The molecule has 58 valence electrons. The predicted octanol–water partition coefficient (Wildman–Crippen LogP) is 3.55. The minimum Gasteiger partial charge on any atom is -0.0998 e. The monoisotopic (exact) mass is 138 g/mol. The highest BCUT2D eigenvalue weighted by molar-refractivity contribution is 5.07. The minimum absolute atomic E-state index is 0.680. The van der Waals surface area contributed by atoms with E-state index in [0.717, 1.165) is 6.42 Å². The van der Waals surface area contributed by atoms with Crippen molar-refractivity contribution < 1.29 is 0 Å². The zero-order valence-corrected chi connectivity index (χ0v) is 7.57. The van der Waals surface area contributed by atoms with Gasteiger partial charge in [0.1, 0.15) is 0 Å². The molecular formula is C10H18. The fourth-order valence-corrected chi connectivity index (χ4v) is 0.571. The van der Waals surface area contributed by atoms with E-state index in [9.17, 15) is 0 Å². The number of allylic oxidation sites excluding steroid dienone is 3. The summed E-state index contributed by atoms with van der Waals surface area (Å²) in [6.45, 7) is 12.5. The van der Waals surface area contributed by atoms with Crippen molar-refractivity contribution in [1.82, 2.24) is 0 Å². The molecule has 0 spiro atoms. The summed E-state index contributed by atoms with van der Waals surface area (Å²) in [5, 5.41) is 0. The summed E-state index contributed by atoms with van der Waals surface area (Å²) < 4.78 is 0. The van der Waals surface area contributed by atoms with E-state index in [-0.39, 0.29) is 0 Å². The fourth-order valence-electron chi connectivity index (χ4n) is 0.571. The van der Waals surface area contributed by atoms with Crippen LogP contribution in [0.1, 0.15) is 34.1 Å². The SMILES string of the molecule is C=C(C)C/C=C(\C)C(C)C. The second-order valence-corrected chi connectivity index (χ2v) is 3.26. The lowest BCUT2D eigenvalue weighted by molar-refractivity contribution is 0.764. The van der Waals surface area contributed by atoms with E-state index in [1.807, 2.05) is 0 Å². The second kappa shape index (κ2) is 4.32. The summed E-state index contributed by atoms with van der Waals surface area (Å²) in [6.07, 6.45) is 3.29. The molecule has 0 radical (unpaired) electrons. The Bertz CT molecular complexity index is 138. The average molecular weight is 138 g/mol. The third kappa shape index (κ3) is 4.37.